The molecule has 1 atom stereocenters. The number of anilines is 1. The molecule has 0 bridgehead atoms. The van der Waals surface area contributed by atoms with Gasteiger partial charge in [0, 0.05) is 55.9 Å². The molecule has 9 nitrogen and oxygen atoms in total. The predicted molar refractivity (Wildman–Crippen MR) is 150 cm³/mol. The minimum absolute atomic E-state index is 0.0339. The van der Waals surface area contributed by atoms with E-state index in [1.165, 1.54) is 6.07 Å². The number of hydrogen-bond acceptors (Lipinski definition) is 8. The summed E-state index contributed by atoms with van der Waals surface area (Å²) in [5.74, 6) is -0.136. The summed E-state index contributed by atoms with van der Waals surface area (Å²) in [6, 6.07) is 8.62. The summed E-state index contributed by atoms with van der Waals surface area (Å²) >= 11 is 0. The van der Waals surface area contributed by atoms with E-state index in [4.69, 9.17) is 15.3 Å². The van der Waals surface area contributed by atoms with Crippen molar-refractivity contribution in [3.8, 4) is 11.1 Å². The van der Waals surface area contributed by atoms with Crippen molar-refractivity contribution in [3.05, 3.63) is 71.1 Å². The number of hydrogen-bond donors (Lipinski definition) is 1. The number of rotatable bonds is 4. The van der Waals surface area contributed by atoms with E-state index in [0.717, 1.165) is 39.4 Å². The minimum atomic E-state index is -0.536. The first-order valence-corrected chi connectivity index (χ1v) is 13.6. The Morgan fingerprint density at radius 1 is 1.15 bits per heavy atom. The van der Waals surface area contributed by atoms with E-state index in [1.807, 2.05) is 45.9 Å². The Balaban J connectivity index is 1.39. The van der Waals surface area contributed by atoms with Crippen LogP contribution in [0.3, 0.4) is 0 Å². The highest BCUT2D eigenvalue weighted by atomic mass is 19.1. The molecular weight excluding hydrogens is 511 g/mol. The summed E-state index contributed by atoms with van der Waals surface area (Å²) in [5, 5.41) is 4.64. The van der Waals surface area contributed by atoms with E-state index >= 15 is 0 Å². The molecular formula is C30H35FN6O3. The third-order valence-electron chi connectivity index (χ3n) is 7.18. The topological polar surface area (TPSA) is 116 Å². The van der Waals surface area contributed by atoms with Crippen molar-refractivity contribution in [3.63, 3.8) is 0 Å². The van der Waals surface area contributed by atoms with Crippen LogP contribution in [0.25, 0.3) is 11.1 Å². The van der Waals surface area contributed by atoms with E-state index in [0.29, 0.717) is 38.8 Å². The Hall–Kier alpha value is -4.08. The Morgan fingerprint density at radius 2 is 1.93 bits per heavy atom. The van der Waals surface area contributed by atoms with E-state index in [-0.39, 0.29) is 29.9 Å². The number of pyridine rings is 1. The number of oxime groups is 1. The zero-order chi connectivity index (χ0) is 28.4. The SMILES string of the molecule is Cc1nc(N)nc2c1/C(=N/OC1CCN(C(=O)OC(C)(C)C)CC1)CC(c1ccc(F)cc1-c1cccnc1)C2. The van der Waals surface area contributed by atoms with Crippen molar-refractivity contribution in [2.45, 2.75) is 71.0 Å². The van der Waals surface area contributed by atoms with E-state index < -0.39 is 5.60 Å². The van der Waals surface area contributed by atoms with Crippen LogP contribution < -0.4 is 5.73 Å². The lowest BCUT2D eigenvalue weighted by Gasteiger charge is -2.33. The van der Waals surface area contributed by atoms with Gasteiger partial charge in [0.25, 0.3) is 0 Å². The van der Waals surface area contributed by atoms with Gasteiger partial charge in [0.2, 0.25) is 5.95 Å². The number of aromatic nitrogens is 3. The van der Waals surface area contributed by atoms with Gasteiger partial charge in [-0.3, -0.25) is 4.98 Å². The summed E-state index contributed by atoms with van der Waals surface area (Å²) in [7, 11) is 0. The molecule has 0 spiro atoms. The van der Waals surface area contributed by atoms with Gasteiger partial charge in [-0.1, -0.05) is 17.3 Å². The van der Waals surface area contributed by atoms with Gasteiger partial charge in [-0.25, -0.2) is 19.2 Å². The molecule has 1 fully saturated rings. The Bertz CT molecular complexity index is 1410. The third-order valence-corrected chi connectivity index (χ3v) is 7.18. The third kappa shape index (κ3) is 6.21. The van der Waals surface area contributed by atoms with E-state index in [9.17, 15) is 9.18 Å². The number of nitrogens with two attached hydrogens (primary N) is 1. The second-order valence-corrected chi connectivity index (χ2v) is 11.4. The van der Waals surface area contributed by atoms with Crippen LogP contribution in [-0.4, -0.2) is 56.5 Å². The van der Waals surface area contributed by atoms with Gasteiger partial charge in [0.05, 0.1) is 17.1 Å². The molecule has 1 aromatic carbocycles. The number of benzene rings is 1. The van der Waals surface area contributed by atoms with Gasteiger partial charge in [-0.05, 0) is 69.4 Å². The molecule has 1 aliphatic carbocycles. The largest absolute Gasteiger partial charge is 0.444 e. The highest BCUT2D eigenvalue weighted by molar-refractivity contribution is 6.03. The normalized spacial score (nSPS) is 18.9. The van der Waals surface area contributed by atoms with Crippen molar-refractivity contribution < 1.29 is 18.8 Å². The number of carbonyl (C=O) groups excluding carboxylic acids is 1. The average molecular weight is 547 g/mol. The smallest absolute Gasteiger partial charge is 0.410 e. The number of piperidine rings is 1. The van der Waals surface area contributed by atoms with Crippen LogP contribution >= 0.6 is 0 Å². The number of nitrogen functional groups attached to an aromatic ring is 1. The molecule has 3 heterocycles. The zero-order valence-corrected chi connectivity index (χ0v) is 23.4. The predicted octanol–water partition coefficient (Wildman–Crippen LogP) is 5.42. The van der Waals surface area contributed by atoms with Crippen LogP contribution in [0.2, 0.25) is 0 Å². The molecule has 3 aromatic rings. The average Bonchev–Trinajstić information content (AvgIpc) is 2.91. The minimum Gasteiger partial charge on any atom is -0.444 e. The molecule has 1 aliphatic heterocycles. The number of amides is 1. The van der Waals surface area contributed by atoms with Crippen LogP contribution in [-0.2, 0) is 16.0 Å². The maximum atomic E-state index is 14.4. The highest BCUT2D eigenvalue weighted by Gasteiger charge is 2.32. The van der Waals surface area contributed by atoms with Crippen LogP contribution in [0.15, 0.2) is 47.9 Å². The number of likely N-dealkylation sites (tertiary alicyclic amines) is 1. The molecule has 1 amide bonds. The first-order chi connectivity index (χ1) is 19.1. The molecule has 5 rings (SSSR count). The van der Waals surface area contributed by atoms with Crippen molar-refractivity contribution in [1.29, 1.82) is 0 Å². The van der Waals surface area contributed by atoms with Crippen LogP contribution in [0.1, 0.15) is 68.5 Å². The first kappa shape index (κ1) is 27.5. The summed E-state index contributed by atoms with van der Waals surface area (Å²) in [5.41, 5.74) is 11.2. The number of ether oxygens (including phenoxy) is 1. The van der Waals surface area contributed by atoms with E-state index in [2.05, 4.69) is 20.1 Å². The van der Waals surface area contributed by atoms with Crippen molar-refractivity contribution in [2.75, 3.05) is 18.8 Å². The standard InChI is InChI=1S/C30H35FN6O3/c1-18-27-25(35-28(32)34-18)14-20(23-8-7-21(31)16-24(23)19-6-5-11-33-17-19)15-26(27)36-40-22-9-12-37(13-10-22)29(38)39-30(2,3)4/h5-8,11,16-17,20,22H,9-10,12-15H2,1-4H3,(H2,32,34,35)/b36-26+. The van der Waals surface area contributed by atoms with Crippen LogP contribution in [0.4, 0.5) is 15.1 Å². The number of nitrogens with zero attached hydrogens (tertiary/aromatic N) is 5. The summed E-state index contributed by atoms with van der Waals surface area (Å²) in [6.45, 7) is 8.54. The number of fused-ring (bicyclic) bond motifs is 1. The molecule has 40 heavy (non-hydrogen) atoms. The fourth-order valence-corrected chi connectivity index (χ4v) is 5.39. The fourth-order valence-electron chi connectivity index (χ4n) is 5.39. The summed E-state index contributed by atoms with van der Waals surface area (Å²) < 4.78 is 19.9. The first-order valence-electron chi connectivity index (χ1n) is 13.6. The zero-order valence-electron chi connectivity index (χ0n) is 23.4. The second kappa shape index (κ2) is 11.2. The van der Waals surface area contributed by atoms with Gasteiger partial charge in [-0.2, -0.15) is 0 Å². The maximum Gasteiger partial charge on any atom is 0.410 e. The Morgan fingerprint density at radius 3 is 2.62 bits per heavy atom. The van der Waals surface area contributed by atoms with Crippen molar-refractivity contribution >= 4 is 17.8 Å². The fraction of sp³-hybridized carbons (Fsp3) is 0.433. The molecule has 1 unspecified atom stereocenters. The quantitative estimate of drug-likeness (QED) is 0.435. The number of carbonyl (C=O) groups is 1. The molecule has 0 radical (unpaired) electrons. The summed E-state index contributed by atoms with van der Waals surface area (Å²) in [4.78, 5) is 33.4. The van der Waals surface area contributed by atoms with Gasteiger partial charge in [0.1, 0.15) is 17.5 Å². The molecule has 10 heteroatoms. The second-order valence-electron chi connectivity index (χ2n) is 11.4. The van der Waals surface area contributed by atoms with Gasteiger partial charge in [-0.15, -0.1) is 0 Å². The molecule has 2 N–H and O–H groups in total. The molecule has 2 aliphatic rings. The van der Waals surface area contributed by atoms with Gasteiger partial charge < -0.3 is 20.2 Å². The lowest BCUT2D eigenvalue weighted by atomic mass is 9.78. The van der Waals surface area contributed by atoms with Gasteiger partial charge in [0.15, 0.2) is 0 Å². The van der Waals surface area contributed by atoms with Gasteiger partial charge >= 0.3 is 6.09 Å². The van der Waals surface area contributed by atoms with Crippen molar-refractivity contribution in [2.24, 2.45) is 5.16 Å². The summed E-state index contributed by atoms with van der Waals surface area (Å²) in [6.07, 6.45) is 5.45. The monoisotopic (exact) mass is 546 g/mol. The lowest BCUT2D eigenvalue weighted by Crippen LogP contribution is -2.43. The molecule has 210 valence electrons. The van der Waals surface area contributed by atoms with Crippen LogP contribution in [0.5, 0.6) is 0 Å². The molecule has 0 saturated carbocycles. The Kier molecular flexibility index (Phi) is 7.69. The van der Waals surface area contributed by atoms with E-state index in [1.54, 1.807) is 23.4 Å². The van der Waals surface area contributed by atoms with Crippen molar-refractivity contribution in [1.82, 2.24) is 19.9 Å². The highest BCUT2D eigenvalue weighted by Crippen LogP contribution is 2.38. The van der Waals surface area contributed by atoms with Crippen LogP contribution in [0, 0.1) is 12.7 Å². The number of aryl methyl sites for hydroxylation is 1. The molecule has 2 aromatic heterocycles. The number of halogens is 1. The molecule has 1 saturated heterocycles. The lowest BCUT2D eigenvalue weighted by molar-refractivity contribution is -0.0100. The Labute approximate surface area is 233 Å². The maximum absolute atomic E-state index is 14.4.